The zero-order valence-corrected chi connectivity index (χ0v) is 12.5. The third kappa shape index (κ3) is 3.69. The van der Waals surface area contributed by atoms with Crippen LogP contribution in [0.2, 0.25) is 0 Å². The number of rotatable bonds is 6. The average Bonchev–Trinajstić information content (AvgIpc) is 2.52. The van der Waals surface area contributed by atoms with Crippen molar-refractivity contribution in [3.63, 3.8) is 0 Å². The third-order valence-electron chi connectivity index (χ3n) is 3.37. The van der Waals surface area contributed by atoms with Crippen molar-refractivity contribution in [2.45, 2.75) is 26.4 Å². The molecule has 2 aromatic carbocycles. The number of non-ortho nitro benzene ring substituents is 1. The number of hydrogen-bond donors (Lipinski definition) is 0. The normalized spacial score (nSPS) is 10.5. The molecule has 0 unspecified atom stereocenters. The van der Waals surface area contributed by atoms with Gasteiger partial charge in [0.25, 0.3) is 5.69 Å². The van der Waals surface area contributed by atoms with Crippen LogP contribution >= 0.6 is 0 Å². The second-order valence-electron chi connectivity index (χ2n) is 5.28. The Morgan fingerprint density at radius 3 is 2.41 bits per heavy atom. The minimum absolute atomic E-state index is 0.129. The predicted octanol–water partition coefficient (Wildman–Crippen LogP) is 4.11. The molecule has 0 saturated carbocycles. The fourth-order valence-electron chi connectivity index (χ4n) is 2.03. The van der Waals surface area contributed by atoms with E-state index in [1.165, 1.54) is 23.8 Å². The number of nitro groups is 1. The van der Waals surface area contributed by atoms with E-state index in [0.29, 0.717) is 24.6 Å². The fraction of sp³-hybridized carbons (Fsp3) is 0.235. The van der Waals surface area contributed by atoms with Gasteiger partial charge in [-0.3, -0.25) is 14.9 Å². The molecule has 0 aliphatic heterocycles. The second kappa shape index (κ2) is 6.85. The zero-order valence-electron chi connectivity index (χ0n) is 12.5. The van der Waals surface area contributed by atoms with Crippen molar-refractivity contribution in [1.29, 1.82) is 0 Å². The molecule has 2 aromatic rings. The summed E-state index contributed by atoms with van der Waals surface area (Å²) in [5.41, 5.74) is 2.26. The van der Waals surface area contributed by atoms with Crippen molar-refractivity contribution < 1.29 is 14.5 Å². The number of carbonyl (C=O) groups excluding carboxylic acids is 1. The van der Waals surface area contributed by atoms with Gasteiger partial charge in [-0.25, -0.2) is 0 Å². The summed E-state index contributed by atoms with van der Waals surface area (Å²) in [5.74, 6) is 0.805. The molecule has 0 heterocycles. The lowest BCUT2D eigenvalue weighted by Gasteiger charge is -2.10. The van der Waals surface area contributed by atoms with Crippen LogP contribution in [0.5, 0.6) is 5.75 Å². The van der Waals surface area contributed by atoms with E-state index in [9.17, 15) is 14.9 Å². The molecule has 0 saturated heterocycles. The van der Waals surface area contributed by atoms with E-state index >= 15 is 0 Å². The van der Waals surface area contributed by atoms with Gasteiger partial charge in [-0.15, -0.1) is 0 Å². The molecule has 2 rings (SSSR count). The maximum atomic E-state index is 11.0. The fourth-order valence-corrected chi connectivity index (χ4v) is 2.03. The monoisotopic (exact) mass is 299 g/mol. The summed E-state index contributed by atoms with van der Waals surface area (Å²) in [6.07, 6.45) is 0.560. The topological polar surface area (TPSA) is 69.4 Å². The molecule has 0 aromatic heterocycles. The Morgan fingerprint density at radius 1 is 1.18 bits per heavy atom. The van der Waals surface area contributed by atoms with Gasteiger partial charge in [-0.2, -0.15) is 0 Å². The SMILES string of the molecule is CC(C)c1ccc(COc2ccc([N+](=O)[O-])cc2C=O)cc1. The van der Waals surface area contributed by atoms with E-state index in [-0.39, 0.29) is 11.3 Å². The van der Waals surface area contributed by atoms with Gasteiger partial charge in [0.05, 0.1) is 10.5 Å². The minimum Gasteiger partial charge on any atom is -0.488 e. The average molecular weight is 299 g/mol. The summed E-state index contributed by atoms with van der Waals surface area (Å²) in [4.78, 5) is 21.2. The van der Waals surface area contributed by atoms with Crippen molar-refractivity contribution in [1.82, 2.24) is 0 Å². The maximum absolute atomic E-state index is 11.0. The van der Waals surface area contributed by atoms with Crippen molar-refractivity contribution >= 4 is 12.0 Å². The highest BCUT2D eigenvalue weighted by molar-refractivity contribution is 5.80. The predicted molar refractivity (Wildman–Crippen MR) is 83.3 cm³/mol. The van der Waals surface area contributed by atoms with Gasteiger partial charge in [0.15, 0.2) is 6.29 Å². The molecule has 0 spiro atoms. The van der Waals surface area contributed by atoms with Crippen molar-refractivity contribution in [2.75, 3.05) is 0 Å². The van der Waals surface area contributed by atoms with E-state index in [2.05, 4.69) is 13.8 Å². The molecule has 5 heteroatoms. The van der Waals surface area contributed by atoms with Gasteiger partial charge in [0.2, 0.25) is 0 Å². The maximum Gasteiger partial charge on any atom is 0.270 e. The van der Waals surface area contributed by atoms with Crippen LogP contribution in [0.15, 0.2) is 42.5 Å². The van der Waals surface area contributed by atoms with Crippen LogP contribution in [-0.4, -0.2) is 11.2 Å². The molecule has 0 bridgehead atoms. The molecule has 0 aliphatic rings. The first-order chi connectivity index (χ1) is 10.5. The van der Waals surface area contributed by atoms with E-state index < -0.39 is 4.92 Å². The molecule has 0 radical (unpaired) electrons. The van der Waals surface area contributed by atoms with Crippen LogP contribution < -0.4 is 4.74 Å². The van der Waals surface area contributed by atoms with Crippen LogP contribution in [0, 0.1) is 10.1 Å². The number of hydrogen-bond acceptors (Lipinski definition) is 4. The summed E-state index contributed by atoms with van der Waals surface area (Å²) in [6, 6.07) is 12.0. The summed E-state index contributed by atoms with van der Waals surface area (Å²) in [6.45, 7) is 4.55. The van der Waals surface area contributed by atoms with Gasteiger partial charge in [0.1, 0.15) is 12.4 Å². The number of nitro benzene ring substituents is 1. The molecule has 22 heavy (non-hydrogen) atoms. The van der Waals surface area contributed by atoms with Crippen molar-refractivity contribution in [3.05, 3.63) is 69.3 Å². The molecule has 0 fully saturated rings. The lowest BCUT2D eigenvalue weighted by atomic mass is 10.0. The highest BCUT2D eigenvalue weighted by Gasteiger charge is 2.11. The lowest BCUT2D eigenvalue weighted by molar-refractivity contribution is -0.384. The van der Waals surface area contributed by atoms with Crippen LogP contribution in [0.25, 0.3) is 0 Å². The highest BCUT2D eigenvalue weighted by atomic mass is 16.6. The van der Waals surface area contributed by atoms with Gasteiger partial charge in [-0.1, -0.05) is 38.1 Å². The van der Waals surface area contributed by atoms with E-state index in [0.717, 1.165) is 5.56 Å². The van der Waals surface area contributed by atoms with Crippen molar-refractivity contribution in [3.8, 4) is 5.75 Å². The van der Waals surface area contributed by atoms with E-state index in [1.807, 2.05) is 24.3 Å². The summed E-state index contributed by atoms with van der Waals surface area (Å²) < 4.78 is 5.60. The second-order valence-corrected chi connectivity index (χ2v) is 5.28. The van der Waals surface area contributed by atoms with Crippen LogP contribution in [-0.2, 0) is 6.61 Å². The van der Waals surface area contributed by atoms with Crippen LogP contribution in [0.4, 0.5) is 5.69 Å². The number of carbonyl (C=O) groups is 1. The Morgan fingerprint density at radius 2 is 1.86 bits per heavy atom. The number of ether oxygens (including phenoxy) is 1. The first kappa shape index (κ1) is 15.7. The van der Waals surface area contributed by atoms with E-state index in [4.69, 9.17) is 4.74 Å². The zero-order chi connectivity index (χ0) is 16.1. The Balaban J connectivity index is 2.10. The van der Waals surface area contributed by atoms with Crippen LogP contribution in [0.3, 0.4) is 0 Å². The molecular weight excluding hydrogens is 282 g/mol. The molecular formula is C17H17NO4. The molecule has 0 aliphatic carbocycles. The Hall–Kier alpha value is -2.69. The first-order valence-corrected chi connectivity index (χ1v) is 6.96. The van der Waals surface area contributed by atoms with E-state index in [1.54, 1.807) is 0 Å². The molecule has 114 valence electrons. The summed E-state index contributed by atoms with van der Waals surface area (Å²) >= 11 is 0. The summed E-state index contributed by atoms with van der Waals surface area (Å²) in [7, 11) is 0. The van der Waals surface area contributed by atoms with Crippen LogP contribution in [0.1, 0.15) is 41.3 Å². The van der Waals surface area contributed by atoms with Gasteiger partial charge in [-0.05, 0) is 23.1 Å². The Kier molecular flexibility index (Phi) is 4.88. The highest BCUT2D eigenvalue weighted by Crippen LogP contribution is 2.24. The molecule has 0 atom stereocenters. The molecule has 0 amide bonds. The van der Waals surface area contributed by atoms with Gasteiger partial charge in [0, 0.05) is 12.1 Å². The summed E-state index contributed by atoms with van der Waals surface area (Å²) in [5, 5.41) is 10.7. The quantitative estimate of drug-likeness (QED) is 0.457. The largest absolute Gasteiger partial charge is 0.488 e. The van der Waals surface area contributed by atoms with Gasteiger partial charge >= 0.3 is 0 Å². The lowest BCUT2D eigenvalue weighted by Crippen LogP contribution is -2.00. The minimum atomic E-state index is -0.540. The molecule has 0 N–H and O–H groups in total. The van der Waals surface area contributed by atoms with Gasteiger partial charge < -0.3 is 4.74 Å². The van der Waals surface area contributed by atoms with Crippen molar-refractivity contribution in [2.24, 2.45) is 0 Å². The number of aldehydes is 1. The Labute approximate surface area is 128 Å². The standard InChI is InChI=1S/C17H17NO4/c1-12(2)14-5-3-13(4-6-14)11-22-17-8-7-16(18(20)21)9-15(17)10-19/h3-10,12H,11H2,1-2H3. The number of nitrogens with zero attached hydrogens (tertiary/aromatic N) is 1. The smallest absolute Gasteiger partial charge is 0.270 e. The number of benzene rings is 2. The third-order valence-corrected chi connectivity index (χ3v) is 3.37. The first-order valence-electron chi connectivity index (χ1n) is 6.96. The molecule has 5 nitrogen and oxygen atoms in total. The Bertz CT molecular complexity index is 678.